The van der Waals surface area contributed by atoms with Gasteiger partial charge in [0.1, 0.15) is 5.60 Å². The third-order valence-corrected chi connectivity index (χ3v) is 13.0. The molecule has 1 N–H and O–H groups in total. The Labute approximate surface area is 291 Å². The Kier molecular flexibility index (Phi) is 12.9. The number of carbonyl (C=O) groups is 3. The number of hydrogen-bond acceptors (Lipinski definition) is 8. The smallest absolute Gasteiger partial charge is 0.410 e. The van der Waals surface area contributed by atoms with Gasteiger partial charge < -0.3 is 28.9 Å². The summed E-state index contributed by atoms with van der Waals surface area (Å²) in [6.07, 6.45) is -0.859. The van der Waals surface area contributed by atoms with E-state index in [2.05, 4.69) is 39.2 Å². The van der Waals surface area contributed by atoms with Gasteiger partial charge in [-0.1, -0.05) is 62.7 Å². The molecule has 260 valence electrons. The normalized spacial score (nSPS) is 12.6. The first-order valence-corrected chi connectivity index (χ1v) is 19.2. The van der Waals surface area contributed by atoms with Crippen LogP contribution in [0.5, 0.6) is 0 Å². The summed E-state index contributed by atoms with van der Waals surface area (Å²) in [5.74, 6) is -1.26. The van der Waals surface area contributed by atoms with Gasteiger partial charge in [-0.3, -0.25) is 0 Å². The van der Waals surface area contributed by atoms with Crippen molar-refractivity contribution in [3.8, 4) is 11.1 Å². The number of nitrogens with zero attached hydrogens (tertiary/aromatic N) is 1. The Bertz CT molecular complexity index is 1600. The lowest BCUT2D eigenvalue weighted by atomic mass is 9.98. The molecule has 0 saturated carbocycles. The van der Waals surface area contributed by atoms with E-state index in [9.17, 15) is 14.4 Å². The summed E-state index contributed by atoms with van der Waals surface area (Å²) in [4.78, 5) is 40.0. The summed E-state index contributed by atoms with van der Waals surface area (Å²) in [6, 6.07) is 20.1. The van der Waals surface area contributed by atoms with E-state index in [1.165, 1.54) is 14.2 Å². The minimum atomic E-state index is -2.26. The zero-order chi connectivity index (χ0) is 35.9. The van der Waals surface area contributed by atoms with Crippen molar-refractivity contribution in [1.82, 2.24) is 4.90 Å². The average molecular weight is 697 g/mol. The number of methoxy groups -OCH3 is 2. The van der Waals surface area contributed by atoms with Crippen LogP contribution in [0, 0.1) is 0 Å². The molecule has 0 aliphatic carbocycles. The number of nitrogens with one attached hydrogen (secondary N) is 1. The summed E-state index contributed by atoms with van der Waals surface area (Å²) in [5.41, 5.74) is 2.78. The molecule has 0 aromatic heterocycles. The molecule has 3 aromatic carbocycles. The summed E-state index contributed by atoms with van der Waals surface area (Å²) in [7, 11) is 0.264. The lowest BCUT2D eigenvalue weighted by Crippen LogP contribution is -2.46. The van der Waals surface area contributed by atoms with Crippen LogP contribution in [-0.4, -0.2) is 70.7 Å². The van der Waals surface area contributed by atoms with E-state index in [1.54, 1.807) is 23.1 Å². The fourth-order valence-corrected chi connectivity index (χ4v) is 6.14. The quantitative estimate of drug-likeness (QED) is 0.114. The molecule has 0 saturated heterocycles. The van der Waals surface area contributed by atoms with Crippen molar-refractivity contribution in [3.05, 3.63) is 88.4 Å². The molecule has 1 atom stereocenters. The van der Waals surface area contributed by atoms with Crippen LogP contribution in [0.3, 0.4) is 0 Å². The van der Waals surface area contributed by atoms with Gasteiger partial charge in [0.25, 0.3) is 0 Å². The number of ether oxygens (including phenoxy) is 3. The Balaban J connectivity index is 1.87. The molecule has 0 bridgehead atoms. The molecule has 11 heteroatoms. The van der Waals surface area contributed by atoms with Crippen LogP contribution in [0.4, 0.5) is 10.5 Å². The molecule has 9 nitrogen and oxygen atoms in total. The van der Waals surface area contributed by atoms with Crippen LogP contribution in [0.1, 0.15) is 73.9 Å². The third-order valence-electron chi connectivity index (χ3n) is 8.24. The van der Waals surface area contributed by atoms with Gasteiger partial charge in [-0.05, 0) is 92.0 Å². The van der Waals surface area contributed by atoms with E-state index < -0.39 is 38.1 Å². The van der Waals surface area contributed by atoms with Crippen molar-refractivity contribution in [3.63, 3.8) is 0 Å². The van der Waals surface area contributed by atoms with Crippen molar-refractivity contribution in [2.75, 3.05) is 39.2 Å². The monoisotopic (exact) mass is 696 g/mol. The van der Waals surface area contributed by atoms with Crippen molar-refractivity contribution in [2.45, 2.75) is 71.4 Å². The first kappa shape index (κ1) is 38.6. The molecular weight excluding hydrogens is 648 g/mol. The summed E-state index contributed by atoms with van der Waals surface area (Å²) < 4.78 is 22.5. The molecule has 0 radical (unpaired) electrons. The van der Waals surface area contributed by atoms with Crippen molar-refractivity contribution in [2.24, 2.45) is 0 Å². The fraction of sp³-hybridized carbons (Fsp3) is 0.432. The SMILES string of the molecule is COC(=O)c1ccc(-c2cccc(NCCN(C[C@H](O[Si](C)(C)C(C)(C)C)c3cccc(Cl)c3)C(=O)OC(C)(C)C)c2)cc1C(=O)OC. The van der Waals surface area contributed by atoms with E-state index in [0.29, 0.717) is 23.7 Å². The molecule has 0 spiro atoms. The Hall–Kier alpha value is -3.86. The Morgan fingerprint density at radius 3 is 2.06 bits per heavy atom. The van der Waals surface area contributed by atoms with Crippen molar-refractivity contribution < 1.29 is 33.0 Å². The van der Waals surface area contributed by atoms with Crippen LogP contribution in [0.15, 0.2) is 66.7 Å². The maximum atomic E-state index is 13.6. The van der Waals surface area contributed by atoms with Gasteiger partial charge in [-0.15, -0.1) is 0 Å². The molecular formula is C37H49ClN2O7Si. The Morgan fingerprint density at radius 1 is 0.833 bits per heavy atom. The van der Waals surface area contributed by atoms with E-state index in [4.69, 9.17) is 30.2 Å². The highest BCUT2D eigenvalue weighted by Crippen LogP contribution is 2.40. The standard InChI is InChI=1S/C37H49ClN2O7Si/c1-36(2,3)46-35(43)40(24-32(27-14-11-15-28(38)21-27)47-48(9,10)37(4,5)6)20-19-39-29-16-12-13-25(22-29)26-17-18-30(33(41)44-7)31(23-26)34(42)45-8/h11-18,21-23,32,39H,19-20,24H2,1-10H3/t32-/m0/s1. The van der Waals surface area contributed by atoms with Gasteiger partial charge in [-0.2, -0.15) is 0 Å². The lowest BCUT2D eigenvalue weighted by molar-refractivity contribution is 0.0165. The minimum Gasteiger partial charge on any atom is -0.465 e. The molecule has 3 rings (SSSR count). The number of carbonyl (C=O) groups excluding carboxylic acids is 3. The van der Waals surface area contributed by atoms with Crippen LogP contribution in [0.2, 0.25) is 23.2 Å². The van der Waals surface area contributed by atoms with Gasteiger partial charge in [0.2, 0.25) is 0 Å². The topological polar surface area (TPSA) is 103 Å². The van der Waals surface area contributed by atoms with Gasteiger partial charge in [0.15, 0.2) is 8.32 Å². The number of amides is 1. The molecule has 3 aromatic rings. The Morgan fingerprint density at radius 2 is 1.46 bits per heavy atom. The second-order valence-electron chi connectivity index (χ2n) is 14.1. The lowest BCUT2D eigenvalue weighted by Gasteiger charge is -2.40. The predicted molar refractivity (Wildman–Crippen MR) is 193 cm³/mol. The van der Waals surface area contributed by atoms with Crippen LogP contribution in [0.25, 0.3) is 11.1 Å². The predicted octanol–water partition coefficient (Wildman–Crippen LogP) is 8.99. The van der Waals surface area contributed by atoms with E-state index in [1.807, 2.05) is 69.3 Å². The van der Waals surface area contributed by atoms with Gasteiger partial charge >= 0.3 is 18.0 Å². The molecule has 0 fully saturated rings. The largest absolute Gasteiger partial charge is 0.465 e. The number of esters is 2. The fourth-order valence-electron chi connectivity index (χ4n) is 4.67. The van der Waals surface area contributed by atoms with Crippen molar-refractivity contribution in [1.29, 1.82) is 0 Å². The molecule has 0 heterocycles. The number of rotatable bonds is 12. The second-order valence-corrected chi connectivity index (χ2v) is 19.3. The van der Waals surface area contributed by atoms with E-state index in [0.717, 1.165) is 16.8 Å². The molecule has 0 aliphatic rings. The highest BCUT2D eigenvalue weighted by molar-refractivity contribution is 6.74. The second kappa shape index (κ2) is 16.0. The first-order chi connectivity index (χ1) is 22.3. The maximum absolute atomic E-state index is 13.6. The van der Waals surface area contributed by atoms with Gasteiger partial charge in [-0.25, -0.2) is 14.4 Å². The highest BCUT2D eigenvalue weighted by Gasteiger charge is 2.40. The summed E-state index contributed by atoms with van der Waals surface area (Å²) >= 11 is 6.40. The van der Waals surface area contributed by atoms with Gasteiger partial charge in [0, 0.05) is 23.8 Å². The molecule has 0 aliphatic heterocycles. The molecule has 48 heavy (non-hydrogen) atoms. The highest BCUT2D eigenvalue weighted by atomic mass is 35.5. The van der Waals surface area contributed by atoms with Gasteiger partial charge in [0.05, 0.1) is 38.0 Å². The zero-order valence-electron chi connectivity index (χ0n) is 29.7. The third kappa shape index (κ3) is 10.6. The average Bonchev–Trinajstić information content (AvgIpc) is 3.01. The number of halogens is 1. The number of anilines is 1. The molecule has 1 amide bonds. The van der Waals surface area contributed by atoms with E-state index >= 15 is 0 Å². The maximum Gasteiger partial charge on any atom is 0.410 e. The van der Waals surface area contributed by atoms with Crippen LogP contribution < -0.4 is 5.32 Å². The van der Waals surface area contributed by atoms with E-state index in [-0.39, 0.29) is 22.7 Å². The first-order valence-electron chi connectivity index (χ1n) is 15.9. The summed E-state index contributed by atoms with van der Waals surface area (Å²) in [6.45, 7) is 17.5. The zero-order valence-corrected chi connectivity index (χ0v) is 31.5. The number of hydrogen-bond donors (Lipinski definition) is 1. The summed E-state index contributed by atoms with van der Waals surface area (Å²) in [5, 5.41) is 3.96. The van der Waals surface area contributed by atoms with Crippen molar-refractivity contribution >= 4 is 43.6 Å². The minimum absolute atomic E-state index is 0.0512. The molecule has 0 unspecified atom stereocenters. The van der Waals surface area contributed by atoms with Crippen LogP contribution in [-0.2, 0) is 18.6 Å². The van der Waals surface area contributed by atoms with Crippen LogP contribution >= 0.6 is 11.6 Å². The number of benzene rings is 3.